The highest BCUT2D eigenvalue weighted by atomic mass is 32.1. The molecule has 1 aromatic heterocycles. The lowest BCUT2D eigenvalue weighted by molar-refractivity contribution is -0.137. The average molecular weight is 370 g/mol. The first kappa shape index (κ1) is 17.9. The predicted octanol–water partition coefficient (Wildman–Crippen LogP) is 4.00. The van der Waals surface area contributed by atoms with E-state index in [4.69, 9.17) is 4.74 Å². The largest absolute Gasteiger partial charge is 0.416 e. The van der Waals surface area contributed by atoms with Crippen LogP contribution < -0.4 is 0 Å². The third kappa shape index (κ3) is 3.85. The van der Waals surface area contributed by atoms with Crippen molar-refractivity contribution in [2.45, 2.75) is 26.1 Å². The number of hydrogen-bond donors (Lipinski definition) is 0. The number of alkyl halides is 3. The van der Waals surface area contributed by atoms with Crippen molar-refractivity contribution in [3.8, 4) is 10.6 Å². The van der Waals surface area contributed by atoms with Gasteiger partial charge in [-0.25, -0.2) is 4.98 Å². The lowest BCUT2D eigenvalue weighted by atomic mass is 10.1. The highest BCUT2D eigenvalue weighted by molar-refractivity contribution is 7.17. The van der Waals surface area contributed by atoms with E-state index in [2.05, 4.69) is 4.98 Å². The molecule has 1 aliphatic rings. The van der Waals surface area contributed by atoms with E-state index < -0.39 is 11.7 Å². The third-order valence-corrected chi connectivity index (χ3v) is 5.17. The van der Waals surface area contributed by atoms with Crippen molar-refractivity contribution >= 4 is 17.2 Å². The van der Waals surface area contributed by atoms with Gasteiger partial charge in [-0.05, 0) is 26.0 Å². The van der Waals surface area contributed by atoms with Crippen molar-refractivity contribution in [1.82, 2.24) is 9.88 Å². The van der Waals surface area contributed by atoms with Gasteiger partial charge in [-0.3, -0.25) is 4.79 Å². The fourth-order valence-corrected chi connectivity index (χ4v) is 3.71. The van der Waals surface area contributed by atoms with Crippen LogP contribution in [0, 0.1) is 6.92 Å². The van der Waals surface area contributed by atoms with Crippen molar-refractivity contribution < 1.29 is 22.7 Å². The number of carbonyl (C=O) groups excluding carboxylic acids is 1. The predicted molar refractivity (Wildman–Crippen MR) is 88.6 cm³/mol. The fraction of sp³-hybridized carbons (Fsp3) is 0.412. The minimum absolute atomic E-state index is 0.0136. The van der Waals surface area contributed by atoms with E-state index in [1.165, 1.54) is 23.5 Å². The van der Waals surface area contributed by atoms with Crippen molar-refractivity contribution in [2.75, 3.05) is 19.7 Å². The van der Waals surface area contributed by atoms with Gasteiger partial charge in [0.25, 0.3) is 5.91 Å². The van der Waals surface area contributed by atoms with E-state index in [0.29, 0.717) is 40.8 Å². The molecule has 0 aliphatic carbocycles. The number of aromatic nitrogens is 1. The summed E-state index contributed by atoms with van der Waals surface area (Å²) in [7, 11) is 0. The first-order valence-electron chi connectivity index (χ1n) is 7.81. The van der Waals surface area contributed by atoms with Gasteiger partial charge in [0.15, 0.2) is 0 Å². The van der Waals surface area contributed by atoms with E-state index in [1.807, 2.05) is 6.92 Å². The van der Waals surface area contributed by atoms with E-state index in [9.17, 15) is 18.0 Å². The quantitative estimate of drug-likeness (QED) is 0.803. The Kier molecular flexibility index (Phi) is 4.83. The van der Waals surface area contributed by atoms with Crippen molar-refractivity contribution in [1.29, 1.82) is 0 Å². The molecule has 1 aromatic carbocycles. The highest BCUT2D eigenvalue weighted by Crippen LogP contribution is 2.33. The number of ether oxygens (including phenoxy) is 1. The molecule has 8 heteroatoms. The van der Waals surface area contributed by atoms with Crippen molar-refractivity contribution in [3.63, 3.8) is 0 Å². The van der Waals surface area contributed by atoms with Gasteiger partial charge in [-0.15, -0.1) is 11.3 Å². The number of nitrogens with zero attached hydrogens (tertiary/aromatic N) is 2. The number of rotatable bonds is 2. The zero-order valence-corrected chi connectivity index (χ0v) is 14.6. The van der Waals surface area contributed by atoms with Crippen LogP contribution >= 0.6 is 11.3 Å². The Hall–Kier alpha value is -1.93. The Morgan fingerprint density at radius 1 is 1.32 bits per heavy atom. The van der Waals surface area contributed by atoms with Gasteiger partial charge in [-0.2, -0.15) is 13.2 Å². The molecule has 1 atom stereocenters. The van der Waals surface area contributed by atoms with Gasteiger partial charge < -0.3 is 9.64 Å². The van der Waals surface area contributed by atoms with E-state index in [-0.39, 0.29) is 12.0 Å². The number of aryl methyl sites for hydroxylation is 1. The van der Waals surface area contributed by atoms with Crippen LogP contribution in [0.3, 0.4) is 0 Å². The lowest BCUT2D eigenvalue weighted by Crippen LogP contribution is -2.44. The summed E-state index contributed by atoms with van der Waals surface area (Å²) in [6, 6.07) is 4.81. The molecule has 0 N–H and O–H groups in total. The summed E-state index contributed by atoms with van der Waals surface area (Å²) in [5.74, 6) is -0.108. The van der Waals surface area contributed by atoms with Crippen molar-refractivity contribution in [3.05, 3.63) is 40.4 Å². The van der Waals surface area contributed by atoms with E-state index in [1.54, 1.807) is 11.8 Å². The summed E-state index contributed by atoms with van der Waals surface area (Å²) < 4.78 is 43.4. The molecule has 0 spiro atoms. The summed E-state index contributed by atoms with van der Waals surface area (Å²) in [5.41, 5.74) is 0.447. The van der Waals surface area contributed by atoms with Crippen molar-refractivity contribution in [2.24, 2.45) is 0 Å². The molecule has 3 rings (SSSR count). The minimum Gasteiger partial charge on any atom is -0.375 e. The minimum atomic E-state index is -4.37. The second-order valence-corrected chi connectivity index (χ2v) is 6.94. The molecule has 25 heavy (non-hydrogen) atoms. The maximum Gasteiger partial charge on any atom is 0.416 e. The summed E-state index contributed by atoms with van der Waals surface area (Å²) in [5, 5.41) is 0.538. The zero-order chi connectivity index (χ0) is 18.2. The molecule has 1 saturated heterocycles. The Labute approximate surface area is 147 Å². The van der Waals surface area contributed by atoms with Crippen LogP contribution in [0.5, 0.6) is 0 Å². The number of morpholine rings is 1. The second kappa shape index (κ2) is 6.76. The Morgan fingerprint density at radius 2 is 2.00 bits per heavy atom. The van der Waals surface area contributed by atoms with E-state index >= 15 is 0 Å². The summed E-state index contributed by atoms with van der Waals surface area (Å²) in [6.45, 7) is 5.19. The molecule has 1 fully saturated rings. The number of thiazole rings is 1. The maximum atomic E-state index is 12.7. The maximum absolute atomic E-state index is 12.7. The molecule has 0 radical (unpaired) electrons. The molecule has 2 aromatic rings. The van der Waals surface area contributed by atoms with Gasteiger partial charge in [0.05, 0.1) is 24.0 Å². The van der Waals surface area contributed by atoms with Gasteiger partial charge in [-0.1, -0.05) is 12.1 Å². The Balaban J connectivity index is 1.83. The van der Waals surface area contributed by atoms with Crippen LogP contribution in [0.4, 0.5) is 13.2 Å². The topological polar surface area (TPSA) is 42.4 Å². The lowest BCUT2D eigenvalue weighted by Gasteiger charge is -2.30. The van der Waals surface area contributed by atoms with Gasteiger partial charge >= 0.3 is 6.18 Å². The zero-order valence-electron chi connectivity index (χ0n) is 13.8. The van der Waals surface area contributed by atoms with Crippen LogP contribution in [0.1, 0.15) is 27.9 Å². The van der Waals surface area contributed by atoms with Gasteiger partial charge in [0.1, 0.15) is 9.88 Å². The summed E-state index contributed by atoms with van der Waals surface area (Å²) in [6.07, 6.45) is -4.38. The summed E-state index contributed by atoms with van der Waals surface area (Å²) in [4.78, 5) is 19.3. The SMILES string of the molecule is Cc1nc(-c2ccc(C(F)(F)F)cc2)sc1C(=O)N1CCO[C@@H](C)C1. The van der Waals surface area contributed by atoms with Gasteiger partial charge in [0, 0.05) is 18.7 Å². The Bertz CT molecular complexity index is 771. The average Bonchev–Trinajstić information content (AvgIpc) is 2.95. The van der Waals surface area contributed by atoms with Crippen LogP contribution in [-0.4, -0.2) is 41.6 Å². The van der Waals surface area contributed by atoms with Gasteiger partial charge in [0.2, 0.25) is 0 Å². The fourth-order valence-electron chi connectivity index (χ4n) is 2.67. The number of carbonyl (C=O) groups is 1. The monoisotopic (exact) mass is 370 g/mol. The Morgan fingerprint density at radius 3 is 2.60 bits per heavy atom. The second-order valence-electron chi connectivity index (χ2n) is 5.94. The number of benzene rings is 1. The molecule has 1 amide bonds. The molecular weight excluding hydrogens is 353 g/mol. The van der Waals surface area contributed by atoms with Crippen LogP contribution in [0.2, 0.25) is 0 Å². The molecule has 0 bridgehead atoms. The number of hydrogen-bond acceptors (Lipinski definition) is 4. The third-order valence-electron chi connectivity index (χ3n) is 3.98. The number of halogens is 3. The standard InChI is InChI=1S/C17H17F3N2O2S/c1-10-9-22(7-8-24-10)16(23)14-11(2)21-15(25-14)12-3-5-13(6-4-12)17(18,19)20/h3-6,10H,7-9H2,1-2H3/t10-/m0/s1. The number of amides is 1. The van der Waals surface area contributed by atoms with Crippen LogP contribution in [-0.2, 0) is 10.9 Å². The molecule has 0 unspecified atom stereocenters. The summed E-state index contributed by atoms with van der Waals surface area (Å²) >= 11 is 1.20. The van der Waals surface area contributed by atoms with Crippen LogP contribution in [0.25, 0.3) is 10.6 Å². The van der Waals surface area contributed by atoms with Crippen LogP contribution in [0.15, 0.2) is 24.3 Å². The van der Waals surface area contributed by atoms with E-state index in [0.717, 1.165) is 12.1 Å². The molecule has 4 nitrogen and oxygen atoms in total. The molecule has 1 aliphatic heterocycles. The normalized spacial score (nSPS) is 18.4. The molecule has 2 heterocycles. The first-order valence-corrected chi connectivity index (χ1v) is 8.63. The first-order chi connectivity index (χ1) is 11.8. The molecule has 134 valence electrons. The highest BCUT2D eigenvalue weighted by Gasteiger charge is 2.30. The smallest absolute Gasteiger partial charge is 0.375 e. The molecule has 0 saturated carbocycles. The molecular formula is C17H17F3N2O2S.